The average molecular weight is 450 g/mol. The van der Waals surface area contributed by atoms with Crippen molar-refractivity contribution in [2.24, 2.45) is 0 Å². The minimum absolute atomic E-state index is 0.0789. The maximum atomic E-state index is 9.57. The largest absolute Gasteiger partial charge is 0.488 e. The molecule has 2 aliphatic rings. The first kappa shape index (κ1) is 21.3. The van der Waals surface area contributed by atoms with Gasteiger partial charge in [-0.15, -0.1) is 10.2 Å². The van der Waals surface area contributed by atoms with Crippen LogP contribution in [-0.4, -0.2) is 65.4 Å². The summed E-state index contributed by atoms with van der Waals surface area (Å²) in [5.74, 6) is 1.96. The van der Waals surface area contributed by atoms with Gasteiger partial charge in [0.2, 0.25) is 5.88 Å². The van der Waals surface area contributed by atoms with Crippen LogP contribution in [0.25, 0.3) is 5.52 Å². The standard InChI is InChI=1S/C23H27N7O3/c1-31-22-7-6-21(27-28-22)26-17-2-4-19(5-3-17)33-20-12-18(29-8-10-32-11-9-29)15-30-23(20)16(13-24)14-25-30/h6-7,12,14-15,17,19H,2-5,8-11H2,1H3,(H,26,27)/t17-,19+. The number of fused-ring (bicyclic) bond motifs is 1. The number of rotatable bonds is 6. The lowest BCUT2D eigenvalue weighted by Gasteiger charge is -2.31. The molecule has 0 radical (unpaired) electrons. The Morgan fingerprint density at radius 2 is 1.97 bits per heavy atom. The molecule has 1 N–H and O–H groups in total. The number of ether oxygens (including phenoxy) is 3. The van der Waals surface area contributed by atoms with E-state index in [1.807, 2.05) is 18.3 Å². The maximum Gasteiger partial charge on any atom is 0.233 e. The maximum absolute atomic E-state index is 9.57. The molecule has 5 rings (SSSR count). The number of methoxy groups -OCH3 is 1. The molecule has 172 valence electrons. The van der Waals surface area contributed by atoms with Gasteiger partial charge in [-0.2, -0.15) is 10.4 Å². The van der Waals surface area contributed by atoms with Gasteiger partial charge in [-0.3, -0.25) is 0 Å². The highest BCUT2D eigenvalue weighted by Crippen LogP contribution is 2.33. The Morgan fingerprint density at radius 1 is 1.15 bits per heavy atom. The highest BCUT2D eigenvalue weighted by Gasteiger charge is 2.25. The minimum atomic E-state index is 0.0789. The second-order valence-electron chi connectivity index (χ2n) is 8.32. The molecule has 10 nitrogen and oxygen atoms in total. The SMILES string of the molecule is COc1ccc(N[C@H]2CC[C@@H](Oc3cc(N4CCOCC4)cn4ncc(C#N)c34)CC2)nn1. The highest BCUT2D eigenvalue weighted by molar-refractivity contribution is 5.72. The zero-order chi connectivity index (χ0) is 22.6. The molecular formula is C23H27N7O3. The number of morpholine rings is 1. The number of nitrogens with zero attached hydrogens (tertiary/aromatic N) is 6. The van der Waals surface area contributed by atoms with Crippen molar-refractivity contribution in [3.8, 4) is 17.7 Å². The molecule has 3 aromatic rings. The molecule has 1 saturated carbocycles. The molecule has 0 unspecified atom stereocenters. The third kappa shape index (κ3) is 4.64. The van der Waals surface area contributed by atoms with Crippen molar-refractivity contribution in [1.82, 2.24) is 19.8 Å². The second-order valence-corrected chi connectivity index (χ2v) is 8.32. The van der Waals surface area contributed by atoms with Gasteiger partial charge < -0.3 is 24.4 Å². The third-order valence-corrected chi connectivity index (χ3v) is 6.23. The van der Waals surface area contributed by atoms with E-state index in [1.165, 1.54) is 0 Å². The smallest absolute Gasteiger partial charge is 0.233 e. The van der Waals surface area contributed by atoms with E-state index in [0.717, 1.165) is 55.8 Å². The number of pyridine rings is 1. The summed E-state index contributed by atoms with van der Waals surface area (Å²) in [6.45, 7) is 3.05. The Kier molecular flexibility index (Phi) is 6.13. The van der Waals surface area contributed by atoms with Crippen molar-refractivity contribution in [2.75, 3.05) is 43.6 Å². The number of hydrogen-bond acceptors (Lipinski definition) is 9. The van der Waals surface area contributed by atoms with Gasteiger partial charge >= 0.3 is 0 Å². The summed E-state index contributed by atoms with van der Waals surface area (Å²) in [5, 5.41) is 25.6. The van der Waals surface area contributed by atoms with Crippen molar-refractivity contribution in [3.05, 3.63) is 36.2 Å². The molecular weight excluding hydrogens is 422 g/mol. The van der Waals surface area contributed by atoms with Gasteiger partial charge in [-0.25, -0.2) is 4.52 Å². The molecule has 0 spiro atoms. The summed E-state index contributed by atoms with van der Waals surface area (Å²) in [5.41, 5.74) is 2.28. The Bertz CT molecular complexity index is 1130. The van der Waals surface area contributed by atoms with Crippen molar-refractivity contribution in [3.63, 3.8) is 0 Å². The molecule has 1 saturated heterocycles. The van der Waals surface area contributed by atoms with Crippen molar-refractivity contribution in [1.29, 1.82) is 5.26 Å². The first-order chi connectivity index (χ1) is 16.2. The van der Waals surface area contributed by atoms with Crippen molar-refractivity contribution < 1.29 is 14.2 Å². The van der Waals surface area contributed by atoms with Gasteiger partial charge in [0, 0.05) is 31.3 Å². The molecule has 4 heterocycles. The van der Waals surface area contributed by atoms with Crippen LogP contribution in [0, 0.1) is 11.3 Å². The normalized spacial score (nSPS) is 20.9. The van der Waals surface area contributed by atoms with E-state index in [0.29, 0.717) is 36.4 Å². The fraction of sp³-hybridized carbons (Fsp3) is 0.478. The van der Waals surface area contributed by atoms with Crippen LogP contribution in [-0.2, 0) is 4.74 Å². The van der Waals surface area contributed by atoms with Crippen molar-refractivity contribution in [2.45, 2.75) is 37.8 Å². The summed E-state index contributed by atoms with van der Waals surface area (Å²) in [4.78, 5) is 2.26. The molecule has 33 heavy (non-hydrogen) atoms. The lowest BCUT2D eigenvalue weighted by Crippen LogP contribution is -2.36. The van der Waals surface area contributed by atoms with Gasteiger partial charge in [0.1, 0.15) is 28.7 Å². The van der Waals surface area contributed by atoms with Gasteiger partial charge in [-0.1, -0.05) is 0 Å². The summed E-state index contributed by atoms with van der Waals surface area (Å²) < 4.78 is 18.8. The summed E-state index contributed by atoms with van der Waals surface area (Å²) in [7, 11) is 1.58. The molecule has 0 amide bonds. The van der Waals surface area contributed by atoms with Crippen LogP contribution in [0.5, 0.6) is 11.6 Å². The van der Waals surface area contributed by atoms with Crippen molar-refractivity contribution >= 4 is 17.0 Å². The van der Waals surface area contributed by atoms with Gasteiger partial charge in [-0.05, 0) is 31.7 Å². The van der Waals surface area contributed by atoms with Crippen LogP contribution in [0.4, 0.5) is 11.5 Å². The zero-order valence-electron chi connectivity index (χ0n) is 18.6. The molecule has 3 aromatic heterocycles. The average Bonchev–Trinajstić information content (AvgIpc) is 3.30. The van der Waals surface area contributed by atoms with E-state index >= 15 is 0 Å². The number of hydrogen-bond donors (Lipinski definition) is 1. The summed E-state index contributed by atoms with van der Waals surface area (Å²) in [6, 6.07) is 8.28. The van der Waals surface area contributed by atoms with Gasteiger partial charge in [0.15, 0.2) is 0 Å². The van der Waals surface area contributed by atoms with Crippen LogP contribution in [0.15, 0.2) is 30.6 Å². The van der Waals surface area contributed by atoms with E-state index in [4.69, 9.17) is 14.2 Å². The van der Waals surface area contributed by atoms with Crippen LogP contribution in [0.1, 0.15) is 31.2 Å². The van der Waals surface area contributed by atoms with Gasteiger partial charge in [0.25, 0.3) is 0 Å². The predicted octanol–water partition coefficient (Wildman–Crippen LogP) is 2.64. The molecule has 2 fully saturated rings. The molecule has 0 atom stereocenters. The van der Waals surface area contributed by atoms with E-state index in [-0.39, 0.29) is 6.10 Å². The third-order valence-electron chi connectivity index (χ3n) is 6.23. The summed E-state index contributed by atoms with van der Waals surface area (Å²) in [6.07, 6.45) is 7.38. The number of nitriles is 1. The highest BCUT2D eigenvalue weighted by atomic mass is 16.5. The second kappa shape index (κ2) is 9.50. The number of aromatic nitrogens is 4. The molecule has 1 aliphatic heterocycles. The Morgan fingerprint density at radius 3 is 2.67 bits per heavy atom. The predicted molar refractivity (Wildman–Crippen MR) is 122 cm³/mol. The fourth-order valence-corrected chi connectivity index (χ4v) is 4.46. The van der Waals surface area contributed by atoms with Crippen LogP contribution < -0.4 is 19.7 Å². The fourth-order valence-electron chi connectivity index (χ4n) is 4.46. The first-order valence-electron chi connectivity index (χ1n) is 11.3. The lowest BCUT2D eigenvalue weighted by molar-refractivity contribution is 0.122. The molecule has 0 aromatic carbocycles. The quantitative estimate of drug-likeness (QED) is 0.607. The first-order valence-corrected chi connectivity index (χ1v) is 11.3. The van der Waals surface area contributed by atoms with Crippen LogP contribution in [0.3, 0.4) is 0 Å². The van der Waals surface area contributed by atoms with E-state index in [1.54, 1.807) is 23.9 Å². The lowest BCUT2D eigenvalue weighted by atomic mass is 9.93. The minimum Gasteiger partial charge on any atom is -0.488 e. The van der Waals surface area contributed by atoms with E-state index in [9.17, 15) is 5.26 Å². The Hall–Kier alpha value is -3.58. The molecule has 0 bridgehead atoms. The van der Waals surface area contributed by atoms with Crippen LogP contribution >= 0.6 is 0 Å². The zero-order valence-corrected chi connectivity index (χ0v) is 18.6. The van der Waals surface area contributed by atoms with Gasteiger partial charge in [0.05, 0.1) is 44.5 Å². The Balaban J connectivity index is 1.28. The van der Waals surface area contributed by atoms with E-state index in [2.05, 4.69) is 31.6 Å². The summed E-state index contributed by atoms with van der Waals surface area (Å²) >= 11 is 0. The molecule has 10 heteroatoms. The van der Waals surface area contributed by atoms with E-state index < -0.39 is 0 Å². The van der Waals surface area contributed by atoms with Crippen LogP contribution in [0.2, 0.25) is 0 Å². The Labute approximate surface area is 192 Å². The topological polar surface area (TPSA) is 110 Å². The monoisotopic (exact) mass is 449 g/mol. The number of anilines is 2. The number of nitrogens with one attached hydrogen (secondary N) is 1. The molecule has 1 aliphatic carbocycles.